The molecule has 0 fully saturated rings. The second-order valence-corrected chi connectivity index (χ2v) is 4.21. The van der Waals surface area contributed by atoms with Crippen LogP contribution in [0.1, 0.15) is 24.1 Å². The third kappa shape index (κ3) is 4.00. The molecule has 4 nitrogen and oxygen atoms in total. The largest absolute Gasteiger partial charge is 0.496 e. The second-order valence-electron chi connectivity index (χ2n) is 4.21. The van der Waals surface area contributed by atoms with Crippen LogP contribution in [0.4, 0.5) is 0 Å². The molecule has 0 heterocycles. The lowest BCUT2D eigenvalue weighted by molar-refractivity contribution is 0.0923. The molecule has 0 saturated heterocycles. The zero-order chi connectivity index (χ0) is 12.8. The predicted molar refractivity (Wildman–Crippen MR) is 67.2 cm³/mol. The standard InChI is InChI=1S/C13H21NO3/c1-9-4-5-13(17-3)12(6-9)10(2)14-7-11(16)8-15/h4-6,10-11,14-16H,7-8H2,1-3H3. The Morgan fingerprint density at radius 1 is 1.41 bits per heavy atom. The van der Waals surface area contributed by atoms with Crippen LogP contribution in [0.15, 0.2) is 18.2 Å². The van der Waals surface area contributed by atoms with Crippen LogP contribution in [0, 0.1) is 6.92 Å². The first-order chi connectivity index (χ1) is 8.08. The molecule has 0 amide bonds. The summed E-state index contributed by atoms with van der Waals surface area (Å²) < 4.78 is 5.30. The second kappa shape index (κ2) is 6.59. The summed E-state index contributed by atoms with van der Waals surface area (Å²) in [7, 11) is 1.64. The van der Waals surface area contributed by atoms with Crippen LogP contribution in [-0.2, 0) is 0 Å². The topological polar surface area (TPSA) is 61.7 Å². The fraction of sp³-hybridized carbons (Fsp3) is 0.538. The van der Waals surface area contributed by atoms with Gasteiger partial charge >= 0.3 is 0 Å². The third-order valence-electron chi connectivity index (χ3n) is 2.72. The Labute approximate surface area is 102 Å². The zero-order valence-corrected chi connectivity index (χ0v) is 10.6. The Kier molecular flexibility index (Phi) is 5.41. The van der Waals surface area contributed by atoms with E-state index in [9.17, 15) is 5.11 Å². The van der Waals surface area contributed by atoms with Gasteiger partial charge in [-0.3, -0.25) is 0 Å². The number of methoxy groups -OCH3 is 1. The van der Waals surface area contributed by atoms with Gasteiger partial charge in [0.2, 0.25) is 0 Å². The van der Waals surface area contributed by atoms with Crippen molar-refractivity contribution in [3.8, 4) is 5.75 Å². The summed E-state index contributed by atoms with van der Waals surface area (Å²) in [6.45, 7) is 4.15. The van der Waals surface area contributed by atoms with Gasteiger partial charge in [0.1, 0.15) is 5.75 Å². The number of hydrogen-bond acceptors (Lipinski definition) is 4. The van der Waals surface area contributed by atoms with Gasteiger partial charge in [-0.05, 0) is 19.9 Å². The fourth-order valence-corrected chi connectivity index (χ4v) is 1.68. The molecule has 2 unspecified atom stereocenters. The summed E-state index contributed by atoms with van der Waals surface area (Å²) in [5.74, 6) is 0.828. The fourth-order valence-electron chi connectivity index (χ4n) is 1.68. The molecule has 4 heteroatoms. The van der Waals surface area contributed by atoms with Crippen molar-refractivity contribution in [2.45, 2.75) is 26.0 Å². The Balaban J connectivity index is 2.73. The van der Waals surface area contributed by atoms with Crippen LogP contribution in [0.2, 0.25) is 0 Å². The van der Waals surface area contributed by atoms with E-state index in [0.717, 1.165) is 16.9 Å². The molecule has 1 rings (SSSR count). The van der Waals surface area contributed by atoms with Crippen molar-refractivity contribution in [1.82, 2.24) is 5.32 Å². The highest BCUT2D eigenvalue weighted by molar-refractivity contribution is 5.38. The molecule has 17 heavy (non-hydrogen) atoms. The molecule has 3 N–H and O–H groups in total. The lowest BCUT2D eigenvalue weighted by Crippen LogP contribution is -2.31. The molecule has 0 radical (unpaired) electrons. The third-order valence-corrected chi connectivity index (χ3v) is 2.72. The van der Waals surface area contributed by atoms with Gasteiger partial charge in [-0.2, -0.15) is 0 Å². The highest BCUT2D eigenvalue weighted by Gasteiger charge is 2.12. The smallest absolute Gasteiger partial charge is 0.123 e. The lowest BCUT2D eigenvalue weighted by Gasteiger charge is -2.19. The Morgan fingerprint density at radius 3 is 2.71 bits per heavy atom. The molecule has 0 aliphatic rings. The summed E-state index contributed by atoms with van der Waals surface area (Å²) in [6, 6.07) is 6.05. The van der Waals surface area contributed by atoms with E-state index in [1.54, 1.807) is 7.11 Å². The number of aliphatic hydroxyl groups is 2. The van der Waals surface area contributed by atoms with E-state index >= 15 is 0 Å². The van der Waals surface area contributed by atoms with Gasteiger partial charge in [0.15, 0.2) is 0 Å². The number of ether oxygens (including phenoxy) is 1. The van der Waals surface area contributed by atoms with Crippen molar-refractivity contribution in [1.29, 1.82) is 0 Å². The van der Waals surface area contributed by atoms with E-state index in [-0.39, 0.29) is 12.6 Å². The lowest BCUT2D eigenvalue weighted by atomic mass is 10.0. The summed E-state index contributed by atoms with van der Waals surface area (Å²) in [6.07, 6.45) is -0.728. The number of rotatable bonds is 6. The van der Waals surface area contributed by atoms with Crippen molar-refractivity contribution >= 4 is 0 Å². The predicted octanol–water partition coefficient (Wildman–Crippen LogP) is 1.01. The number of aryl methyl sites for hydroxylation is 1. The first kappa shape index (κ1) is 14.0. The van der Waals surface area contributed by atoms with Crippen LogP contribution in [0.25, 0.3) is 0 Å². The molecule has 0 saturated carbocycles. The van der Waals surface area contributed by atoms with Crippen LogP contribution < -0.4 is 10.1 Å². The van der Waals surface area contributed by atoms with E-state index in [1.165, 1.54) is 0 Å². The maximum atomic E-state index is 9.29. The maximum absolute atomic E-state index is 9.29. The first-order valence-electron chi connectivity index (χ1n) is 5.75. The van der Waals surface area contributed by atoms with Gasteiger partial charge in [-0.1, -0.05) is 17.7 Å². The van der Waals surface area contributed by atoms with E-state index in [1.807, 2.05) is 26.0 Å². The molecule has 2 atom stereocenters. The molecule has 1 aromatic carbocycles. The molecule has 1 aromatic rings. The van der Waals surface area contributed by atoms with E-state index < -0.39 is 6.10 Å². The van der Waals surface area contributed by atoms with Crippen LogP contribution >= 0.6 is 0 Å². The summed E-state index contributed by atoms with van der Waals surface area (Å²) in [5.41, 5.74) is 2.22. The molecular formula is C13H21NO3. The molecular weight excluding hydrogens is 218 g/mol. The van der Waals surface area contributed by atoms with Crippen LogP contribution in [0.3, 0.4) is 0 Å². The Morgan fingerprint density at radius 2 is 2.12 bits per heavy atom. The highest BCUT2D eigenvalue weighted by Crippen LogP contribution is 2.25. The monoisotopic (exact) mass is 239 g/mol. The number of benzene rings is 1. The number of hydrogen-bond donors (Lipinski definition) is 3. The minimum atomic E-state index is -0.728. The van der Waals surface area contributed by atoms with Crippen molar-refractivity contribution in [3.63, 3.8) is 0 Å². The summed E-state index contributed by atoms with van der Waals surface area (Å²) >= 11 is 0. The van der Waals surface area contributed by atoms with Crippen molar-refractivity contribution in [3.05, 3.63) is 29.3 Å². The minimum Gasteiger partial charge on any atom is -0.496 e. The Bertz CT molecular complexity index is 355. The Hall–Kier alpha value is -1.10. The van der Waals surface area contributed by atoms with Crippen LogP contribution in [-0.4, -0.2) is 36.6 Å². The molecule has 0 aromatic heterocycles. The van der Waals surface area contributed by atoms with E-state index in [2.05, 4.69) is 11.4 Å². The molecule has 0 spiro atoms. The van der Waals surface area contributed by atoms with E-state index in [0.29, 0.717) is 6.54 Å². The van der Waals surface area contributed by atoms with Crippen molar-refractivity contribution < 1.29 is 14.9 Å². The van der Waals surface area contributed by atoms with Gasteiger partial charge in [0.25, 0.3) is 0 Å². The van der Waals surface area contributed by atoms with Crippen molar-refractivity contribution in [2.75, 3.05) is 20.3 Å². The van der Waals surface area contributed by atoms with Crippen LogP contribution in [0.5, 0.6) is 5.75 Å². The summed E-state index contributed by atoms with van der Waals surface area (Å²) in [5, 5.41) is 21.2. The molecule has 0 aliphatic heterocycles. The number of nitrogens with one attached hydrogen (secondary N) is 1. The average Bonchev–Trinajstić information content (AvgIpc) is 2.35. The first-order valence-corrected chi connectivity index (χ1v) is 5.75. The van der Waals surface area contributed by atoms with Gasteiger partial charge in [-0.15, -0.1) is 0 Å². The molecule has 0 aliphatic carbocycles. The average molecular weight is 239 g/mol. The van der Waals surface area contributed by atoms with Gasteiger partial charge in [-0.25, -0.2) is 0 Å². The van der Waals surface area contributed by atoms with Gasteiger partial charge in [0.05, 0.1) is 19.8 Å². The molecule has 0 bridgehead atoms. The highest BCUT2D eigenvalue weighted by atomic mass is 16.5. The number of aliphatic hydroxyl groups excluding tert-OH is 2. The zero-order valence-electron chi connectivity index (χ0n) is 10.6. The van der Waals surface area contributed by atoms with Gasteiger partial charge < -0.3 is 20.3 Å². The quantitative estimate of drug-likeness (QED) is 0.693. The summed E-state index contributed by atoms with van der Waals surface area (Å²) in [4.78, 5) is 0. The van der Waals surface area contributed by atoms with E-state index in [4.69, 9.17) is 9.84 Å². The van der Waals surface area contributed by atoms with Crippen molar-refractivity contribution in [2.24, 2.45) is 0 Å². The SMILES string of the molecule is COc1ccc(C)cc1C(C)NCC(O)CO. The van der Waals surface area contributed by atoms with Gasteiger partial charge in [0, 0.05) is 18.2 Å². The maximum Gasteiger partial charge on any atom is 0.123 e. The molecule has 96 valence electrons. The normalized spacial score (nSPS) is 14.4. The minimum absolute atomic E-state index is 0.0612.